The number of ether oxygens (including phenoxy) is 1. The Kier molecular flexibility index (Phi) is 2.45. The first-order valence-corrected chi connectivity index (χ1v) is 6.57. The van der Waals surface area contributed by atoms with Crippen LogP contribution in [0.5, 0.6) is 0 Å². The van der Waals surface area contributed by atoms with Crippen molar-refractivity contribution >= 4 is 34.3 Å². The van der Waals surface area contributed by atoms with Crippen LogP contribution in [0.15, 0.2) is 45.6 Å². The Balaban J connectivity index is 2.31. The van der Waals surface area contributed by atoms with Gasteiger partial charge in [0, 0.05) is 11.1 Å². The van der Waals surface area contributed by atoms with Crippen molar-refractivity contribution in [2.24, 2.45) is 0 Å². The molecule has 0 amide bonds. The maximum atomic E-state index is 11.9. The molecule has 1 aromatic carbocycles. The standard InChI is InChI=1S/C14H9IO3/c1-8-12(15)13(17)18-14(8)7-6-11(16)9-4-2-3-5-10(9)14/h2-7H,1H3. The lowest BCUT2D eigenvalue weighted by Crippen LogP contribution is -2.31. The van der Waals surface area contributed by atoms with Crippen LogP contribution in [-0.4, -0.2) is 11.8 Å². The molecular weight excluding hydrogens is 343 g/mol. The molecule has 4 heteroatoms. The minimum Gasteiger partial charge on any atom is -0.441 e. The molecule has 1 aliphatic heterocycles. The van der Waals surface area contributed by atoms with E-state index in [4.69, 9.17) is 4.74 Å². The molecule has 18 heavy (non-hydrogen) atoms. The van der Waals surface area contributed by atoms with E-state index in [1.807, 2.05) is 47.7 Å². The highest BCUT2D eigenvalue weighted by atomic mass is 127. The maximum absolute atomic E-state index is 11.9. The molecule has 0 radical (unpaired) electrons. The van der Waals surface area contributed by atoms with Gasteiger partial charge in [-0.15, -0.1) is 0 Å². The molecule has 0 aromatic heterocycles. The van der Waals surface area contributed by atoms with Crippen molar-refractivity contribution in [3.05, 3.63) is 56.7 Å². The van der Waals surface area contributed by atoms with E-state index in [0.717, 1.165) is 11.1 Å². The average Bonchev–Trinajstić information content (AvgIpc) is 2.60. The number of carbonyl (C=O) groups excluding carboxylic acids is 2. The Morgan fingerprint density at radius 3 is 2.61 bits per heavy atom. The third-order valence-electron chi connectivity index (χ3n) is 3.38. The fourth-order valence-electron chi connectivity index (χ4n) is 2.39. The average molecular weight is 352 g/mol. The van der Waals surface area contributed by atoms with E-state index in [-0.39, 0.29) is 11.8 Å². The Labute approximate surface area is 118 Å². The molecule has 0 saturated heterocycles. The summed E-state index contributed by atoms with van der Waals surface area (Å²) in [6.07, 6.45) is 3.16. The second kappa shape index (κ2) is 3.78. The smallest absolute Gasteiger partial charge is 0.346 e. The molecule has 90 valence electrons. The molecule has 1 spiro atoms. The second-order valence-electron chi connectivity index (χ2n) is 4.31. The molecule has 1 aliphatic carbocycles. The lowest BCUT2D eigenvalue weighted by molar-refractivity contribution is -0.143. The number of hydrogen-bond acceptors (Lipinski definition) is 3. The van der Waals surface area contributed by atoms with E-state index < -0.39 is 5.60 Å². The predicted molar refractivity (Wildman–Crippen MR) is 74.4 cm³/mol. The van der Waals surface area contributed by atoms with Gasteiger partial charge in [-0.05, 0) is 47.2 Å². The van der Waals surface area contributed by atoms with Gasteiger partial charge in [-0.1, -0.05) is 24.3 Å². The molecule has 1 heterocycles. The molecule has 0 N–H and O–H groups in total. The summed E-state index contributed by atoms with van der Waals surface area (Å²) in [6, 6.07) is 7.25. The van der Waals surface area contributed by atoms with Crippen LogP contribution < -0.4 is 0 Å². The van der Waals surface area contributed by atoms with Gasteiger partial charge >= 0.3 is 5.97 Å². The van der Waals surface area contributed by atoms with Crippen LogP contribution in [0.25, 0.3) is 0 Å². The molecule has 1 atom stereocenters. The Morgan fingerprint density at radius 1 is 1.22 bits per heavy atom. The van der Waals surface area contributed by atoms with Crippen molar-refractivity contribution in [3.63, 3.8) is 0 Å². The van der Waals surface area contributed by atoms with E-state index in [0.29, 0.717) is 9.14 Å². The van der Waals surface area contributed by atoms with E-state index in [1.165, 1.54) is 6.08 Å². The van der Waals surface area contributed by atoms with Crippen LogP contribution in [0.3, 0.4) is 0 Å². The summed E-state index contributed by atoms with van der Waals surface area (Å²) in [5.74, 6) is -0.385. The highest BCUT2D eigenvalue weighted by Gasteiger charge is 2.47. The molecule has 0 bridgehead atoms. The Bertz CT molecular complexity index is 642. The summed E-state index contributed by atoms with van der Waals surface area (Å²) in [6.45, 7) is 1.86. The summed E-state index contributed by atoms with van der Waals surface area (Å²) < 4.78 is 6.11. The van der Waals surface area contributed by atoms with Crippen molar-refractivity contribution in [1.82, 2.24) is 0 Å². The lowest BCUT2D eigenvalue weighted by atomic mass is 9.80. The zero-order chi connectivity index (χ0) is 12.9. The first-order valence-electron chi connectivity index (χ1n) is 5.49. The molecular formula is C14H9IO3. The maximum Gasteiger partial charge on any atom is 0.346 e. The van der Waals surface area contributed by atoms with Gasteiger partial charge < -0.3 is 4.74 Å². The summed E-state index contributed by atoms with van der Waals surface area (Å²) in [5, 5.41) is 0. The topological polar surface area (TPSA) is 43.4 Å². The Hall–Kier alpha value is -1.43. The van der Waals surface area contributed by atoms with Crippen molar-refractivity contribution in [1.29, 1.82) is 0 Å². The van der Waals surface area contributed by atoms with Crippen LogP contribution >= 0.6 is 22.6 Å². The summed E-state index contributed by atoms with van der Waals surface area (Å²) >= 11 is 1.99. The summed E-state index contributed by atoms with van der Waals surface area (Å²) in [5.41, 5.74) is 1.29. The van der Waals surface area contributed by atoms with Crippen molar-refractivity contribution in [2.45, 2.75) is 12.5 Å². The Morgan fingerprint density at radius 2 is 1.94 bits per heavy atom. The fourth-order valence-corrected chi connectivity index (χ4v) is 2.90. The predicted octanol–water partition coefficient (Wildman–Crippen LogP) is 2.90. The van der Waals surface area contributed by atoms with Crippen molar-refractivity contribution < 1.29 is 14.3 Å². The van der Waals surface area contributed by atoms with Gasteiger partial charge in [0.05, 0.1) is 0 Å². The summed E-state index contributed by atoms with van der Waals surface area (Å²) in [4.78, 5) is 23.6. The zero-order valence-electron chi connectivity index (χ0n) is 9.57. The highest BCUT2D eigenvalue weighted by molar-refractivity contribution is 14.1. The van der Waals surface area contributed by atoms with E-state index in [9.17, 15) is 9.59 Å². The monoisotopic (exact) mass is 352 g/mol. The van der Waals surface area contributed by atoms with E-state index in [1.54, 1.807) is 12.1 Å². The number of rotatable bonds is 0. The molecule has 3 nitrogen and oxygen atoms in total. The number of benzene rings is 1. The number of fused-ring (bicyclic) bond motifs is 2. The molecule has 0 fully saturated rings. The van der Waals surface area contributed by atoms with Gasteiger partial charge in [0.25, 0.3) is 0 Å². The van der Waals surface area contributed by atoms with Crippen molar-refractivity contribution in [3.8, 4) is 0 Å². The molecule has 0 saturated carbocycles. The minimum absolute atomic E-state index is 0.0537. The van der Waals surface area contributed by atoms with Crippen LogP contribution in [0, 0.1) is 0 Å². The SMILES string of the molecule is CC1=C(I)C(=O)OC12C=CC(=O)c1ccccc12. The van der Waals surface area contributed by atoms with E-state index >= 15 is 0 Å². The van der Waals surface area contributed by atoms with Gasteiger partial charge in [0.1, 0.15) is 3.58 Å². The van der Waals surface area contributed by atoms with Gasteiger partial charge in [0.15, 0.2) is 11.4 Å². The molecule has 3 rings (SSSR count). The zero-order valence-corrected chi connectivity index (χ0v) is 11.7. The van der Waals surface area contributed by atoms with Gasteiger partial charge in [-0.3, -0.25) is 4.79 Å². The largest absolute Gasteiger partial charge is 0.441 e. The number of allylic oxidation sites excluding steroid dienone is 1. The number of ketones is 1. The number of halogens is 1. The fraction of sp³-hybridized carbons (Fsp3) is 0.143. The molecule has 1 unspecified atom stereocenters. The minimum atomic E-state index is -0.891. The van der Waals surface area contributed by atoms with Crippen LogP contribution in [-0.2, 0) is 15.1 Å². The first kappa shape index (κ1) is 11.6. The van der Waals surface area contributed by atoms with Gasteiger partial charge in [0.2, 0.25) is 0 Å². The molecule has 1 aromatic rings. The first-order chi connectivity index (χ1) is 8.56. The second-order valence-corrected chi connectivity index (χ2v) is 5.39. The molecule has 2 aliphatic rings. The quantitative estimate of drug-likeness (QED) is 0.533. The lowest BCUT2D eigenvalue weighted by Gasteiger charge is -2.30. The van der Waals surface area contributed by atoms with E-state index in [2.05, 4.69) is 0 Å². The van der Waals surface area contributed by atoms with Crippen LogP contribution in [0.2, 0.25) is 0 Å². The third kappa shape index (κ3) is 1.35. The van der Waals surface area contributed by atoms with Crippen LogP contribution in [0.4, 0.5) is 0 Å². The summed E-state index contributed by atoms with van der Waals surface area (Å²) in [7, 11) is 0. The number of carbonyl (C=O) groups is 2. The highest BCUT2D eigenvalue weighted by Crippen LogP contribution is 2.47. The number of esters is 1. The number of hydrogen-bond donors (Lipinski definition) is 0. The van der Waals surface area contributed by atoms with Gasteiger partial charge in [-0.25, -0.2) is 4.79 Å². The van der Waals surface area contributed by atoms with Gasteiger partial charge in [-0.2, -0.15) is 0 Å². The third-order valence-corrected chi connectivity index (χ3v) is 4.63. The van der Waals surface area contributed by atoms with Crippen molar-refractivity contribution in [2.75, 3.05) is 0 Å². The normalized spacial score (nSPS) is 25.7. The van der Waals surface area contributed by atoms with Crippen LogP contribution in [0.1, 0.15) is 22.8 Å².